The second-order valence-corrected chi connectivity index (χ2v) is 7.31. The molecule has 0 spiro atoms. The first kappa shape index (κ1) is 17.8. The molecule has 0 saturated carbocycles. The normalized spacial score (nSPS) is 21.8. The minimum Gasteiger partial charge on any atom is -0.298 e. The summed E-state index contributed by atoms with van der Waals surface area (Å²) in [5, 5.41) is 5.09. The third kappa shape index (κ3) is 4.52. The van der Waals surface area contributed by atoms with Crippen LogP contribution in [0.5, 0.6) is 0 Å². The monoisotopic (exact) mass is 362 g/mol. The van der Waals surface area contributed by atoms with E-state index >= 15 is 0 Å². The molecule has 1 unspecified atom stereocenters. The van der Waals surface area contributed by atoms with Crippen LogP contribution in [0.4, 0.5) is 0 Å². The standard InChI is InChI=1S/C20H24Cl2N2/c1-2-24-9-8-17(16-6-4-3-5-7-16)12-20(24)23-14-15-10-18(21)13-19(22)11-15/h3-7,10-11,13,17,20,23H,2,8-9,12,14H2,1H3/t17-,20?/m1/s1. The molecule has 1 heterocycles. The molecule has 0 radical (unpaired) electrons. The van der Waals surface area contributed by atoms with Gasteiger partial charge in [-0.1, -0.05) is 60.5 Å². The number of piperidine rings is 1. The van der Waals surface area contributed by atoms with Crippen LogP contribution in [-0.2, 0) is 6.54 Å². The molecular weight excluding hydrogens is 339 g/mol. The third-order valence-electron chi connectivity index (χ3n) is 4.85. The van der Waals surface area contributed by atoms with Crippen molar-refractivity contribution in [3.63, 3.8) is 0 Å². The fourth-order valence-electron chi connectivity index (χ4n) is 3.58. The van der Waals surface area contributed by atoms with Gasteiger partial charge in [0.25, 0.3) is 0 Å². The Labute approximate surface area is 154 Å². The number of nitrogens with zero attached hydrogens (tertiary/aromatic N) is 1. The maximum Gasteiger partial charge on any atom is 0.0605 e. The molecule has 1 aliphatic heterocycles. The Bertz CT molecular complexity index is 640. The summed E-state index contributed by atoms with van der Waals surface area (Å²) in [5.74, 6) is 0.620. The van der Waals surface area contributed by atoms with E-state index in [9.17, 15) is 0 Å². The van der Waals surface area contributed by atoms with E-state index in [1.165, 1.54) is 12.0 Å². The topological polar surface area (TPSA) is 15.3 Å². The van der Waals surface area contributed by atoms with Gasteiger partial charge < -0.3 is 0 Å². The lowest BCUT2D eigenvalue weighted by Gasteiger charge is -2.39. The highest BCUT2D eigenvalue weighted by Crippen LogP contribution is 2.30. The van der Waals surface area contributed by atoms with Crippen LogP contribution in [-0.4, -0.2) is 24.2 Å². The van der Waals surface area contributed by atoms with Crippen molar-refractivity contribution in [2.45, 2.75) is 38.4 Å². The lowest BCUT2D eigenvalue weighted by Crippen LogP contribution is -2.49. The Morgan fingerprint density at radius 1 is 1.08 bits per heavy atom. The predicted octanol–water partition coefficient (Wildman–Crippen LogP) is 5.31. The SMILES string of the molecule is CCN1CC[C@@H](c2ccccc2)CC1NCc1cc(Cl)cc(Cl)c1. The molecule has 2 aromatic carbocycles. The van der Waals surface area contributed by atoms with Crippen molar-refractivity contribution in [2.75, 3.05) is 13.1 Å². The fourth-order valence-corrected chi connectivity index (χ4v) is 4.15. The van der Waals surface area contributed by atoms with Crippen molar-refractivity contribution in [1.29, 1.82) is 0 Å². The van der Waals surface area contributed by atoms with Crippen LogP contribution in [0, 0.1) is 0 Å². The summed E-state index contributed by atoms with van der Waals surface area (Å²) in [6.07, 6.45) is 2.73. The van der Waals surface area contributed by atoms with E-state index < -0.39 is 0 Å². The lowest BCUT2D eigenvalue weighted by atomic mass is 9.87. The van der Waals surface area contributed by atoms with Crippen molar-refractivity contribution < 1.29 is 0 Å². The molecule has 2 nitrogen and oxygen atoms in total. The van der Waals surface area contributed by atoms with Gasteiger partial charge in [0.05, 0.1) is 6.17 Å². The van der Waals surface area contributed by atoms with Crippen LogP contribution < -0.4 is 5.32 Å². The Balaban J connectivity index is 1.67. The van der Waals surface area contributed by atoms with Crippen LogP contribution in [0.2, 0.25) is 10.0 Å². The number of benzene rings is 2. The number of hydrogen-bond donors (Lipinski definition) is 1. The Hall–Kier alpha value is -1.06. The first-order chi connectivity index (χ1) is 11.7. The molecule has 0 amide bonds. The molecule has 4 heteroatoms. The molecule has 0 aliphatic carbocycles. The van der Waals surface area contributed by atoms with Gasteiger partial charge in [-0.3, -0.25) is 10.2 Å². The zero-order chi connectivity index (χ0) is 16.9. The van der Waals surface area contributed by atoms with Gasteiger partial charge in [0, 0.05) is 23.1 Å². The van der Waals surface area contributed by atoms with E-state index in [2.05, 4.69) is 47.5 Å². The van der Waals surface area contributed by atoms with Crippen LogP contribution in [0.3, 0.4) is 0 Å². The molecule has 2 aromatic rings. The van der Waals surface area contributed by atoms with Gasteiger partial charge in [-0.2, -0.15) is 0 Å². The summed E-state index contributed by atoms with van der Waals surface area (Å²) in [6, 6.07) is 16.6. The zero-order valence-electron chi connectivity index (χ0n) is 14.0. The minimum absolute atomic E-state index is 0.381. The van der Waals surface area contributed by atoms with Crippen LogP contribution in [0.1, 0.15) is 36.8 Å². The van der Waals surface area contributed by atoms with E-state index in [0.29, 0.717) is 22.1 Å². The number of nitrogens with one attached hydrogen (secondary N) is 1. The highest BCUT2D eigenvalue weighted by atomic mass is 35.5. The number of rotatable bonds is 5. The Morgan fingerprint density at radius 2 is 1.79 bits per heavy atom. The van der Waals surface area contributed by atoms with Gasteiger partial charge in [-0.15, -0.1) is 0 Å². The number of hydrogen-bond acceptors (Lipinski definition) is 2. The predicted molar refractivity (Wildman–Crippen MR) is 103 cm³/mol. The van der Waals surface area contributed by atoms with E-state index in [4.69, 9.17) is 23.2 Å². The van der Waals surface area contributed by atoms with Gasteiger partial charge >= 0.3 is 0 Å². The highest BCUT2D eigenvalue weighted by molar-refractivity contribution is 6.34. The summed E-state index contributed by atoms with van der Waals surface area (Å²) >= 11 is 12.2. The average Bonchev–Trinajstić information content (AvgIpc) is 2.59. The number of likely N-dealkylation sites (tertiary alicyclic amines) is 1. The molecule has 0 bridgehead atoms. The van der Waals surface area contributed by atoms with E-state index in [0.717, 1.165) is 31.6 Å². The van der Waals surface area contributed by atoms with Gasteiger partial charge in [0.15, 0.2) is 0 Å². The zero-order valence-corrected chi connectivity index (χ0v) is 15.5. The third-order valence-corrected chi connectivity index (χ3v) is 5.29. The van der Waals surface area contributed by atoms with E-state index in [1.807, 2.05) is 12.1 Å². The largest absolute Gasteiger partial charge is 0.298 e. The molecule has 1 fully saturated rings. The fraction of sp³-hybridized carbons (Fsp3) is 0.400. The van der Waals surface area contributed by atoms with Crippen LogP contribution >= 0.6 is 23.2 Å². The Morgan fingerprint density at radius 3 is 2.46 bits per heavy atom. The van der Waals surface area contributed by atoms with Crippen molar-refractivity contribution in [2.24, 2.45) is 0 Å². The summed E-state index contributed by atoms with van der Waals surface area (Å²) in [6.45, 7) is 5.20. The van der Waals surface area contributed by atoms with Gasteiger partial charge in [-0.25, -0.2) is 0 Å². The highest BCUT2D eigenvalue weighted by Gasteiger charge is 2.27. The van der Waals surface area contributed by atoms with Crippen LogP contribution in [0.25, 0.3) is 0 Å². The maximum atomic E-state index is 6.11. The molecule has 1 N–H and O–H groups in total. The summed E-state index contributed by atoms with van der Waals surface area (Å²) in [5.41, 5.74) is 2.58. The summed E-state index contributed by atoms with van der Waals surface area (Å²) in [7, 11) is 0. The molecule has 128 valence electrons. The molecule has 0 aromatic heterocycles. The summed E-state index contributed by atoms with van der Waals surface area (Å²) < 4.78 is 0. The quantitative estimate of drug-likeness (QED) is 0.775. The average molecular weight is 363 g/mol. The van der Waals surface area contributed by atoms with Crippen molar-refractivity contribution in [1.82, 2.24) is 10.2 Å². The van der Waals surface area contributed by atoms with Crippen molar-refractivity contribution >= 4 is 23.2 Å². The maximum absolute atomic E-state index is 6.11. The van der Waals surface area contributed by atoms with Gasteiger partial charge in [0.2, 0.25) is 0 Å². The lowest BCUT2D eigenvalue weighted by molar-refractivity contribution is 0.113. The number of halogens is 2. The van der Waals surface area contributed by atoms with Crippen molar-refractivity contribution in [3.05, 3.63) is 69.7 Å². The molecule has 2 atom stereocenters. The second kappa shape index (κ2) is 8.35. The molecule has 1 saturated heterocycles. The minimum atomic E-state index is 0.381. The Kier molecular flexibility index (Phi) is 6.18. The van der Waals surface area contributed by atoms with E-state index in [1.54, 1.807) is 6.07 Å². The second-order valence-electron chi connectivity index (χ2n) is 6.43. The van der Waals surface area contributed by atoms with Gasteiger partial charge in [0.1, 0.15) is 0 Å². The molecule has 24 heavy (non-hydrogen) atoms. The first-order valence-electron chi connectivity index (χ1n) is 8.63. The van der Waals surface area contributed by atoms with Crippen LogP contribution in [0.15, 0.2) is 48.5 Å². The molecular formula is C20H24Cl2N2. The first-order valence-corrected chi connectivity index (χ1v) is 9.38. The van der Waals surface area contributed by atoms with Gasteiger partial charge in [-0.05, 0) is 54.6 Å². The summed E-state index contributed by atoms with van der Waals surface area (Å²) in [4.78, 5) is 2.52. The molecule has 1 aliphatic rings. The molecule has 3 rings (SSSR count). The van der Waals surface area contributed by atoms with Crippen molar-refractivity contribution in [3.8, 4) is 0 Å². The smallest absolute Gasteiger partial charge is 0.0605 e. The van der Waals surface area contributed by atoms with E-state index in [-0.39, 0.29) is 0 Å².